The fraction of sp³-hybridized carbons (Fsp3) is 0.250. The van der Waals surface area contributed by atoms with Crippen molar-refractivity contribution in [1.29, 1.82) is 0 Å². The number of ether oxygens (including phenoxy) is 1. The molecule has 0 saturated heterocycles. The van der Waals surface area contributed by atoms with Gasteiger partial charge in [0.25, 0.3) is 0 Å². The number of aromatic nitrogens is 1. The molecule has 0 aliphatic heterocycles. The molecule has 0 amide bonds. The first-order valence-corrected chi connectivity index (χ1v) is 11.9. The van der Waals surface area contributed by atoms with Gasteiger partial charge in [0.15, 0.2) is 6.61 Å². The second kappa shape index (κ2) is 9.29. The summed E-state index contributed by atoms with van der Waals surface area (Å²) in [6.07, 6.45) is 3.30. The molecular weight excluding hydrogens is 447 g/mol. The Labute approximate surface area is 191 Å². The maximum atomic E-state index is 13.5. The highest BCUT2D eigenvalue weighted by atomic mass is 32.2. The fourth-order valence-electron chi connectivity index (χ4n) is 3.98. The van der Waals surface area contributed by atoms with Crippen LogP contribution < -0.4 is 9.46 Å². The summed E-state index contributed by atoms with van der Waals surface area (Å²) in [6, 6.07) is 12.5. The summed E-state index contributed by atoms with van der Waals surface area (Å²) in [5, 5.41) is 8.89. The highest BCUT2D eigenvalue weighted by molar-refractivity contribution is 7.89. The summed E-state index contributed by atoms with van der Waals surface area (Å²) < 4.78 is 47.8. The summed E-state index contributed by atoms with van der Waals surface area (Å²) in [5.74, 6) is -0.932. The van der Waals surface area contributed by atoms with Gasteiger partial charge >= 0.3 is 5.97 Å². The molecule has 0 spiro atoms. The lowest BCUT2D eigenvalue weighted by atomic mass is 9.87. The second-order valence-electron chi connectivity index (χ2n) is 7.92. The molecule has 7 nitrogen and oxygen atoms in total. The number of hydrogen-bond acceptors (Lipinski definition) is 5. The summed E-state index contributed by atoms with van der Waals surface area (Å²) in [5.41, 5.74) is 3.31. The minimum Gasteiger partial charge on any atom is -0.482 e. The van der Waals surface area contributed by atoms with Gasteiger partial charge in [0.1, 0.15) is 16.5 Å². The van der Waals surface area contributed by atoms with Gasteiger partial charge in [-0.25, -0.2) is 22.3 Å². The van der Waals surface area contributed by atoms with Crippen LogP contribution in [0.1, 0.15) is 35.6 Å². The smallest absolute Gasteiger partial charge is 0.341 e. The molecule has 1 aromatic heterocycles. The van der Waals surface area contributed by atoms with Crippen molar-refractivity contribution in [2.45, 2.75) is 37.1 Å². The van der Waals surface area contributed by atoms with Gasteiger partial charge in [-0.15, -0.1) is 0 Å². The average Bonchev–Trinajstić information content (AvgIpc) is 2.79. The number of nitrogens with zero attached hydrogens (tertiary/aromatic N) is 1. The van der Waals surface area contributed by atoms with E-state index in [4.69, 9.17) is 9.84 Å². The number of carboxylic acids is 1. The van der Waals surface area contributed by atoms with E-state index in [1.807, 2.05) is 6.07 Å². The van der Waals surface area contributed by atoms with Crippen molar-refractivity contribution in [3.8, 4) is 17.0 Å². The van der Waals surface area contributed by atoms with Gasteiger partial charge in [-0.05, 0) is 79.3 Å². The van der Waals surface area contributed by atoms with Crippen LogP contribution in [0.2, 0.25) is 0 Å². The maximum absolute atomic E-state index is 13.5. The van der Waals surface area contributed by atoms with Crippen LogP contribution in [-0.2, 0) is 21.2 Å². The topological polar surface area (TPSA) is 106 Å². The van der Waals surface area contributed by atoms with E-state index in [2.05, 4.69) is 9.71 Å². The molecule has 3 aromatic rings. The first-order valence-electron chi connectivity index (χ1n) is 10.5. The first kappa shape index (κ1) is 22.9. The lowest BCUT2D eigenvalue weighted by Crippen LogP contribution is -2.31. The van der Waals surface area contributed by atoms with Crippen molar-refractivity contribution < 1.29 is 27.4 Å². The molecule has 1 atom stereocenters. The van der Waals surface area contributed by atoms with Gasteiger partial charge in [-0.1, -0.05) is 12.1 Å². The van der Waals surface area contributed by atoms with Gasteiger partial charge in [-0.2, -0.15) is 0 Å². The van der Waals surface area contributed by atoms with Crippen LogP contribution in [-0.4, -0.2) is 31.1 Å². The zero-order valence-corrected chi connectivity index (χ0v) is 18.7. The molecular formula is C24H23FN2O5S. The number of pyridine rings is 1. The van der Waals surface area contributed by atoms with Crippen LogP contribution in [0.3, 0.4) is 0 Å². The number of aliphatic carboxylic acids is 1. The second-order valence-corrected chi connectivity index (χ2v) is 9.63. The predicted molar refractivity (Wildman–Crippen MR) is 120 cm³/mol. The Morgan fingerprint density at radius 2 is 2.06 bits per heavy atom. The number of rotatable bonds is 7. The highest BCUT2D eigenvalue weighted by Crippen LogP contribution is 2.36. The first-order chi connectivity index (χ1) is 15.7. The molecule has 0 fully saturated rings. The van der Waals surface area contributed by atoms with Gasteiger partial charge in [0.05, 0.1) is 5.69 Å². The molecule has 33 heavy (non-hydrogen) atoms. The minimum atomic E-state index is -3.86. The molecule has 1 aliphatic rings. The third kappa shape index (κ3) is 5.04. The lowest BCUT2D eigenvalue weighted by Gasteiger charge is -2.27. The zero-order chi connectivity index (χ0) is 23.6. The van der Waals surface area contributed by atoms with Crippen molar-refractivity contribution in [3.05, 3.63) is 77.2 Å². The Kier molecular flexibility index (Phi) is 6.44. The van der Waals surface area contributed by atoms with Crippen LogP contribution in [0.15, 0.2) is 59.6 Å². The van der Waals surface area contributed by atoms with Gasteiger partial charge in [0.2, 0.25) is 10.0 Å². The fourth-order valence-corrected chi connectivity index (χ4v) is 5.18. The molecule has 1 aliphatic carbocycles. The predicted octanol–water partition coefficient (Wildman–Crippen LogP) is 4.02. The van der Waals surface area contributed by atoms with E-state index in [1.54, 1.807) is 37.3 Å². The van der Waals surface area contributed by atoms with Gasteiger partial charge < -0.3 is 9.84 Å². The van der Waals surface area contributed by atoms with Gasteiger partial charge in [-0.3, -0.25) is 4.98 Å². The zero-order valence-electron chi connectivity index (χ0n) is 17.9. The van der Waals surface area contributed by atoms with Crippen molar-refractivity contribution in [2.75, 3.05) is 6.61 Å². The molecule has 1 unspecified atom stereocenters. The van der Waals surface area contributed by atoms with Crippen LogP contribution in [0.4, 0.5) is 4.39 Å². The molecule has 2 aromatic carbocycles. The molecule has 2 N–H and O–H groups in total. The third-order valence-corrected chi connectivity index (χ3v) is 7.07. The maximum Gasteiger partial charge on any atom is 0.341 e. The third-order valence-electron chi connectivity index (χ3n) is 5.61. The van der Waals surface area contributed by atoms with E-state index in [1.165, 1.54) is 18.3 Å². The number of benzene rings is 2. The Balaban J connectivity index is 1.55. The van der Waals surface area contributed by atoms with Crippen LogP contribution in [0, 0.1) is 12.7 Å². The van der Waals surface area contributed by atoms with Crippen molar-refractivity contribution >= 4 is 16.0 Å². The van der Waals surface area contributed by atoms with E-state index in [-0.39, 0.29) is 10.7 Å². The largest absolute Gasteiger partial charge is 0.482 e. The SMILES string of the molecule is Cc1cc(-c2ccc(S(=O)(=O)NC3CCCc4c(OCC(=O)O)cccc43)cn2)ccc1F. The highest BCUT2D eigenvalue weighted by Gasteiger charge is 2.28. The van der Waals surface area contributed by atoms with Crippen molar-refractivity contribution in [1.82, 2.24) is 9.71 Å². The Bertz CT molecular complexity index is 1290. The number of fused-ring (bicyclic) bond motifs is 1. The summed E-state index contributed by atoms with van der Waals surface area (Å²) >= 11 is 0. The van der Waals surface area contributed by atoms with Crippen molar-refractivity contribution in [2.24, 2.45) is 0 Å². The average molecular weight is 471 g/mol. The molecule has 0 bridgehead atoms. The normalized spacial score (nSPS) is 15.6. The van der Waals surface area contributed by atoms with Crippen LogP contribution in [0.5, 0.6) is 5.75 Å². The monoisotopic (exact) mass is 470 g/mol. The molecule has 9 heteroatoms. The number of sulfonamides is 1. The molecule has 0 saturated carbocycles. The van der Waals surface area contributed by atoms with Crippen LogP contribution in [0.25, 0.3) is 11.3 Å². The number of aryl methyl sites for hydroxylation is 1. The number of nitrogens with one attached hydrogen (secondary N) is 1. The molecule has 1 heterocycles. The van der Waals surface area contributed by atoms with E-state index in [9.17, 15) is 17.6 Å². The summed E-state index contributed by atoms with van der Waals surface area (Å²) in [7, 11) is -3.86. The summed E-state index contributed by atoms with van der Waals surface area (Å²) in [6.45, 7) is 1.19. The molecule has 0 radical (unpaired) electrons. The lowest BCUT2D eigenvalue weighted by molar-refractivity contribution is -0.139. The van der Waals surface area contributed by atoms with E-state index >= 15 is 0 Å². The number of hydrogen-bond donors (Lipinski definition) is 2. The summed E-state index contributed by atoms with van der Waals surface area (Å²) in [4.78, 5) is 15.1. The number of carbonyl (C=O) groups is 1. The molecule has 172 valence electrons. The number of carboxylic acid groups (broad SMARTS) is 1. The van der Waals surface area contributed by atoms with Gasteiger partial charge in [0, 0.05) is 17.8 Å². The number of halogens is 1. The van der Waals surface area contributed by atoms with Crippen molar-refractivity contribution in [3.63, 3.8) is 0 Å². The Morgan fingerprint density at radius 1 is 1.24 bits per heavy atom. The standard InChI is InChI=1S/C24H23FN2O5S/c1-15-12-16(8-10-20(15)25)21-11-9-17(13-26-21)33(30,31)27-22-6-2-5-19-18(22)4-3-7-23(19)32-14-24(28)29/h3-4,7-13,22,27H,2,5-6,14H2,1H3,(H,28,29). The Morgan fingerprint density at radius 3 is 2.76 bits per heavy atom. The van der Waals surface area contributed by atoms with E-state index in [0.29, 0.717) is 35.4 Å². The van der Waals surface area contributed by atoms with E-state index in [0.717, 1.165) is 17.5 Å². The van der Waals surface area contributed by atoms with Crippen LogP contribution >= 0.6 is 0 Å². The van der Waals surface area contributed by atoms with E-state index < -0.39 is 28.6 Å². The quantitative estimate of drug-likeness (QED) is 0.540. The minimum absolute atomic E-state index is 0.0236. The molecule has 4 rings (SSSR count). The Hall–Kier alpha value is -3.30.